The number of ether oxygens (including phenoxy) is 1. The summed E-state index contributed by atoms with van der Waals surface area (Å²) >= 11 is 0. The van der Waals surface area contributed by atoms with Gasteiger partial charge in [-0.05, 0) is 42.0 Å². The average Bonchev–Trinajstić information content (AvgIpc) is 3.05. The average molecular weight is 345 g/mol. The van der Waals surface area contributed by atoms with Crippen LogP contribution in [0.5, 0.6) is 11.5 Å². The molecule has 26 heavy (non-hydrogen) atoms. The number of aromatic hydroxyl groups is 1. The van der Waals surface area contributed by atoms with Crippen molar-refractivity contribution in [3.05, 3.63) is 78.5 Å². The van der Waals surface area contributed by atoms with E-state index in [1.54, 1.807) is 19.2 Å². The lowest BCUT2D eigenvalue weighted by molar-refractivity contribution is 0.414. The van der Waals surface area contributed by atoms with Gasteiger partial charge in [0.15, 0.2) is 0 Å². The summed E-state index contributed by atoms with van der Waals surface area (Å²) in [6, 6.07) is 21.0. The molecule has 0 atom stereocenters. The summed E-state index contributed by atoms with van der Waals surface area (Å²) in [5.74, 6) is 1.89. The number of imidazole rings is 1. The number of rotatable bonds is 5. The third-order valence-electron chi connectivity index (χ3n) is 4.31. The highest BCUT2D eigenvalue weighted by Crippen LogP contribution is 2.34. The van der Waals surface area contributed by atoms with E-state index in [2.05, 4.69) is 5.32 Å². The highest BCUT2D eigenvalue weighted by atomic mass is 16.5. The molecule has 2 heterocycles. The van der Waals surface area contributed by atoms with E-state index in [1.165, 1.54) is 0 Å². The molecular weight excluding hydrogens is 326 g/mol. The number of fused-ring (bicyclic) bond motifs is 1. The van der Waals surface area contributed by atoms with Crippen molar-refractivity contribution in [1.82, 2.24) is 9.38 Å². The molecule has 5 heteroatoms. The Morgan fingerprint density at radius 3 is 2.54 bits per heavy atom. The first-order valence-electron chi connectivity index (χ1n) is 8.38. The lowest BCUT2D eigenvalue weighted by Gasteiger charge is -2.10. The predicted octanol–water partition coefficient (Wildman–Crippen LogP) is 4.33. The Bertz CT molecular complexity index is 1040. The summed E-state index contributed by atoms with van der Waals surface area (Å²) in [6.45, 7) is 0.632. The largest absolute Gasteiger partial charge is 0.507 e. The first-order chi connectivity index (χ1) is 12.8. The van der Waals surface area contributed by atoms with Crippen LogP contribution in [0, 0.1) is 0 Å². The summed E-state index contributed by atoms with van der Waals surface area (Å²) in [5, 5.41) is 13.7. The maximum atomic E-state index is 10.3. The molecule has 0 unspecified atom stereocenters. The van der Waals surface area contributed by atoms with Crippen LogP contribution in [0.15, 0.2) is 72.9 Å². The molecule has 0 fully saturated rings. The van der Waals surface area contributed by atoms with Crippen molar-refractivity contribution in [1.29, 1.82) is 0 Å². The fourth-order valence-corrected chi connectivity index (χ4v) is 2.96. The molecule has 2 N–H and O–H groups in total. The van der Waals surface area contributed by atoms with E-state index in [4.69, 9.17) is 9.72 Å². The normalized spacial score (nSPS) is 10.8. The van der Waals surface area contributed by atoms with Crippen molar-refractivity contribution in [2.75, 3.05) is 12.4 Å². The molecule has 0 radical (unpaired) electrons. The Morgan fingerprint density at radius 2 is 1.77 bits per heavy atom. The van der Waals surface area contributed by atoms with E-state index < -0.39 is 0 Å². The van der Waals surface area contributed by atoms with Crippen molar-refractivity contribution in [2.24, 2.45) is 0 Å². The lowest BCUT2D eigenvalue weighted by Crippen LogP contribution is -2.03. The van der Waals surface area contributed by atoms with Crippen molar-refractivity contribution < 1.29 is 9.84 Å². The molecule has 0 bridgehead atoms. The maximum Gasteiger partial charge on any atom is 0.139 e. The Kier molecular flexibility index (Phi) is 4.19. The fourth-order valence-electron chi connectivity index (χ4n) is 2.96. The molecule has 5 nitrogen and oxygen atoms in total. The molecule has 0 spiro atoms. The quantitative estimate of drug-likeness (QED) is 0.565. The van der Waals surface area contributed by atoms with Crippen molar-refractivity contribution in [3.8, 4) is 22.8 Å². The van der Waals surface area contributed by atoms with E-state index in [1.807, 2.05) is 65.2 Å². The molecule has 0 aliphatic heterocycles. The van der Waals surface area contributed by atoms with Gasteiger partial charge < -0.3 is 15.2 Å². The van der Waals surface area contributed by atoms with E-state index in [0.29, 0.717) is 12.1 Å². The number of methoxy groups -OCH3 is 1. The molecular formula is C21H19N3O2. The van der Waals surface area contributed by atoms with Crippen LogP contribution in [0.4, 0.5) is 5.82 Å². The molecule has 4 rings (SSSR count). The number of hydrogen-bond donors (Lipinski definition) is 2. The van der Waals surface area contributed by atoms with Crippen molar-refractivity contribution in [3.63, 3.8) is 0 Å². The number of phenols is 1. The van der Waals surface area contributed by atoms with Crippen LogP contribution in [-0.4, -0.2) is 21.6 Å². The van der Waals surface area contributed by atoms with E-state index in [0.717, 1.165) is 28.5 Å². The van der Waals surface area contributed by atoms with Crippen molar-refractivity contribution in [2.45, 2.75) is 6.54 Å². The number of benzene rings is 2. The number of phenolic OH excluding ortho intramolecular Hbond substituents is 1. The van der Waals surface area contributed by atoms with Gasteiger partial charge in [-0.2, -0.15) is 0 Å². The minimum Gasteiger partial charge on any atom is -0.507 e. The summed E-state index contributed by atoms with van der Waals surface area (Å²) in [4.78, 5) is 4.70. The summed E-state index contributed by atoms with van der Waals surface area (Å²) in [5.41, 5.74) is 3.37. The first kappa shape index (κ1) is 16.0. The van der Waals surface area contributed by atoms with E-state index in [9.17, 15) is 5.11 Å². The number of nitrogens with zero attached hydrogens (tertiary/aromatic N) is 2. The van der Waals surface area contributed by atoms with Crippen molar-refractivity contribution >= 4 is 11.5 Å². The van der Waals surface area contributed by atoms with Crippen LogP contribution in [0.1, 0.15) is 5.56 Å². The molecule has 130 valence electrons. The van der Waals surface area contributed by atoms with Crippen LogP contribution in [-0.2, 0) is 6.54 Å². The molecule has 2 aromatic heterocycles. The molecule has 0 aliphatic carbocycles. The van der Waals surface area contributed by atoms with Crippen LogP contribution in [0.2, 0.25) is 0 Å². The standard InChI is InChI=1S/C21H19N3O2/c1-26-16-11-9-15(10-12-16)14-22-21-20(17-6-2-3-7-18(17)25)23-19-8-4-5-13-24(19)21/h2-13,22,25H,14H2,1H3. The maximum absolute atomic E-state index is 10.3. The van der Waals surface area contributed by atoms with Crippen LogP contribution >= 0.6 is 0 Å². The van der Waals surface area contributed by atoms with Gasteiger partial charge >= 0.3 is 0 Å². The number of nitrogens with one attached hydrogen (secondary N) is 1. The third kappa shape index (κ3) is 2.95. The Morgan fingerprint density at radius 1 is 1.00 bits per heavy atom. The van der Waals surface area contributed by atoms with Gasteiger partial charge in [-0.15, -0.1) is 0 Å². The molecule has 0 saturated heterocycles. The molecule has 2 aromatic carbocycles. The Labute approximate surface area is 151 Å². The second-order valence-electron chi connectivity index (χ2n) is 5.96. The number of aromatic nitrogens is 2. The number of hydrogen-bond acceptors (Lipinski definition) is 4. The van der Waals surface area contributed by atoms with Gasteiger partial charge in [0.2, 0.25) is 0 Å². The van der Waals surface area contributed by atoms with Crippen LogP contribution < -0.4 is 10.1 Å². The second-order valence-corrected chi connectivity index (χ2v) is 5.96. The van der Waals surface area contributed by atoms with Gasteiger partial charge in [-0.1, -0.05) is 30.3 Å². The fraction of sp³-hybridized carbons (Fsp3) is 0.0952. The van der Waals surface area contributed by atoms with Gasteiger partial charge in [0, 0.05) is 18.3 Å². The summed E-state index contributed by atoms with van der Waals surface area (Å²) in [7, 11) is 1.66. The zero-order chi connectivity index (χ0) is 17.9. The molecule has 0 aliphatic rings. The zero-order valence-electron chi connectivity index (χ0n) is 14.4. The molecule has 4 aromatic rings. The molecule has 0 amide bonds. The number of pyridine rings is 1. The summed E-state index contributed by atoms with van der Waals surface area (Å²) < 4.78 is 7.20. The molecule has 0 saturated carbocycles. The Hall–Kier alpha value is -3.47. The number of anilines is 1. The van der Waals surface area contributed by atoms with Crippen LogP contribution in [0.25, 0.3) is 16.9 Å². The zero-order valence-corrected chi connectivity index (χ0v) is 14.4. The van der Waals surface area contributed by atoms with E-state index >= 15 is 0 Å². The predicted molar refractivity (Wildman–Crippen MR) is 103 cm³/mol. The van der Waals surface area contributed by atoms with E-state index in [-0.39, 0.29) is 5.75 Å². The minimum atomic E-state index is 0.211. The van der Waals surface area contributed by atoms with Gasteiger partial charge in [0.25, 0.3) is 0 Å². The monoisotopic (exact) mass is 345 g/mol. The minimum absolute atomic E-state index is 0.211. The third-order valence-corrected chi connectivity index (χ3v) is 4.31. The first-order valence-corrected chi connectivity index (χ1v) is 8.38. The second kappa shape index (κ2) is 6.80. The smallest absolute Gasteiger partial charge is 0.139 e. The van der Waals surface area contributed by atoms with Gasteiger partial charge in [0.05, 0.1) is 7.11 Å². The lowest BCUT2D eigenvalue weighted by atomic mass is 10.1. The summed E-state index contributed by atoms with van der Waals surface area (Å²) in [6.07, 6.45) is 1.96. The van der Waals surface area contributed by atoms with Gasteiger partial charge in [0.1, 0.15) is 28.7 Å². The van der Waals surface area contributed by atoms with Gasteiger partial charge in [-0.25, -0.2) is 4.98 Å². The number of para-hydroxylation sites is 1. The van der Waals surface area contributed by atoms with Crippen LogP contribution in [0.3, 0.4) is 0 Å². The highest BCUT2D eigenvalue weighted by molar-refractivity contribution is 5.80. The van der Waals surface area contributed by atoms with Gasteiger partial charge in [-0.3, -0.25) is 4.40 Å². The topological polar surface area (TPSA) is 58.8 Å². The SMILES string of the molecule is COc1ccc(CNc2c(-c3ccccc3O)nc3ccccn23)cc1. The Balaban J connectivity index is 1.73. The highest BCUT2D eigenvalue weighted by Gasteiger charge is 2.16.